The maximum atomic E-state index is 13.5. The number of likely N-dealkylation sites (N-methyl/N-ethyl adjacent to an activating group) is 1. The summed E-state index contributed by atoms with van der Waals surface area (Å²) in [6.07, 6.45) is 5.93. The maximum Gasteiger partial charge on any atom is 0.241 e. The molecule has 29 heavy (non-hydrogen) atoms. The summed E-state index contributed by atoms with van der Waals surface area (Å²) in [6.45, 7) is 6.14. The number of rotatable bonds is 7. The standard InChI is InChI=1S/C23H25FN4O/c1-5-18(16-7-9-17(24)10-8-16)22(28(6-2)15-21(29)27(3)4)19-11-13-25-23-20(19)12-14-26-23/h6-14H,2,5,15H2,1,3-4H3,(H,25,26)/b22-18+. The van der Waals surface area contributed by atoms with Gasteiger partial charge >= 0.3 is 0 Å². The molecule has 5 nitrogen and oxygen atoms in total. The molecule has 150 valence electrons. The molecule has 0 aliphatic rings. The van der Waals surface area contributed by atoms with Gasteiger partial charge in [0.15, 0.2) is 0 Å². The normalized spacial score (nSPS) is 11.9. The van der Waals surface area contributed by atoms with Crippen molar-refractivity contribution in [3.8, 4) is 0 Å². The fraction of sp³-hybridized carbons (Fsp3) is 0.217. The van der Waals surface area contributed by atoms with Crippen molar-refractivity contribution in [1.82, 2.24) is 19.8 Å². The molecule has 0 aliphatic carbocycles. The zero-order valence-corrected chi connectivity index (χ0v) is 16.9. The highest BCUT2D eigenvalue weighted by Gasteiger charge is 2.21. The highest BCUT2D eigenvalue weighted by atomic mass is 19.1. The van der Waals surface area contributed by atoms with Gasteiger partial charge in [0.1, 0.15) is 18.0 Å². The van der Waals surface area contributed by atoms with Crippen molar-refractivity contribution in [3.05, 3.63) is 78.5 Å². The minimum absolute atomic E-state index is 0.0451. The lowest BCUT2D eigenvalue weighted by atomic mass is 9.95. The largest absolute Gasteiger partial charge is 0.347 e. The first-order chi connectivity index (χ1) is 14.0. The molecule has 0 saturated heterocycles. The summed E-state index contributed by atoms with van der Waals surface area (Å²) in [6, 6.07) is 10.3. The van der Waals surface area contributed by atoms with Gasteiger partial charge in [-0.2, -0.15) is 0 Å². The lowest BCUT2D eigenvalue weighted by Gasteiger charge is -2.28. The second-order valence-electron chi connectivity index (χ2n) is 6.88. The number of aromatic amines is 1. The molecule has 0 radical (unpaired) electrons. The van der Waals surface area contributed by atoms with Gasteiger partial charge in [-0.3, -0.25) is 4.79 Å². The monoisotopic (exact) mass is 392 g/mol. The van der Waals surface area contributed by atoms with Crippen LogP contribution in [0, 0.1) is 5.82 Å². The smallest absolute Gasteiger partial charge is 0.241 e. The summed E-state index contributed by atoms with van der Waals surface area (Å²) >= 11 is 0. The van der Waals surface area contributed by atoms with Crippen molar-refractivity contribution in [1.29, 1.82) is 0 Å². The fourth-order valence-electron chi connectivity index (χ4n) is 3.34. The third kappa shape index (κ3) is 4.21. The van der Waals surface area contributed by atoms with E-state index in [1.54, 1.807) is 43.5 Å². The van der Waals surface area contributed by atoms with Gasteiger partial charge < -0.3 is 14.8 Å². The second kappa shape index (κ2) is 8.73. The Balaban J connectivity index is 2.27. The van der Waals surface area contributed by atoms with E-state index in [4.69, 9.17) is 0 Å². The number of fused-ring (bicyclic) bond motifs is 1. The predicted molar refractivity (Wildman–Crippen MR) is 115 cm³/mol. The van der Waals surface area contributed by atoms with Crippen LogP contribution in [0.1, 0.15) is 24.5 Å². The van der Waals surface area contributed by atoms with E-state index in [1.165, 1.54) is 12.1 Å². The number of nitrogens with zero attached hydrogens (tertiary/aromatic N) is 3. The zero-order valence-electron chi connectivity index (χ0n) is 16.9. The Morgan fingerprint density at radius 1 is 1.21 bits per heavy atom. The van der Waals surface area contributed by atoms with Gasteiger partial charge in [-0.15, -0.1) is 0 Å². The van der Waals surface area contributed by atoms with E-state index in [9.17, 15) is 9.18 Å². The Morgan fingerprint density at radius 3 is 2.55 bits per heavy atom. The first-order valence-electron chi connectivity index (χ1n) is 9.47. The van der Waals surface area contributed by atoms with E-state index in [-0.39, 0.29) is 18.3 Å². The van der Waals surface area contributed by atoms with Crippen molar-refractivity contribution in [2.24, 2.45) is 0 Å². The van der Waals surface area contributed by atoms with Crippen molar-refractivity contribution in [2.75, 3.05) is 20.6 Å². The molecule has 0 aliphatic heterocycles. The molecule has 2 aromatic heterocycles. The van der Waals surface area contributed by atoms with Crippen molar-refractivity contribution >= 4 is 28.2 Å². The molecule has 0 atom stereocenters. The quantitative estimate of drug-likeness (QED) is 0.643. The Kier molecular flexibility index (Phi) is 6.12. The number of aromatic nitrogens is 2. The van der Waals surface area contributed by atoms with Gasteiger partial charge in [0.05, 0.1) is 5.70 Å². The number of benzene rings is 1. The molecule has 1 aromatic carbocycles. The maximum absolute atomic E-state index is 13.5. The summed E-state index contributed by atoms with van der Waals surface area (Å²) in [7, 11) is 3.45. The number of halogens is 1. The molecule has 0 unspecified atom stereocenters. The average Bonchev–Trinajstić information content (AvgIpc) is 3.20. The minimum atomic E-state index is -0.286. The predicted octanol–water partition coefficient (Wildman–Crippen LogP) is 4.51. The highest BCUT2D eigenvalue weighted by Crippen LogP contribution is 2.35. The van der Waals surface area contributed by atoms with Crippen LogP contribution < -0.4 is 0 Å². The molecule has 1 amide bonds. The molecule has 6 heteroatoms. The van der Waals surface area contributed by atoms with Crippen LogP contribution in [0.4, 0.5) is 4.39 Å². The molecular weight excluding hydrogens is 367 g/mol. The molecule has 0 fully saturated rings. The van der Waals surface area contributed by atoms with E-state index in [1.807, 2.05) is 30.2 Å². The van der Waals surface area contributed by atoms with Gasteiger partial charge in [0.2, 0.25) is 5.91 Å². The van der Waals surface area contributed by atoms with Gasteiger partial charge in [-0.05, 0) is 48.0 Å². The molecule has 3 rings (SSSR count). The summed E-state index contributed by atoms with van der Waals surface area (Å²) in [5, 5.41) is 0.944. The topological polar surface area (TPSA) is 52.2 Å². The van der Waals surface area contributed by atoms with Crippen LogP contribution in [0.5, 0.6) is 0 Å². The summed E-state index contributed by atoms with van der Waals surface area (Å²) in [5.41, 5.74) is 4.44. The molecular formula is C23H25FN4O. The van der Waals surface area contributed by atoms with E-state index < -0.39 is 0 Å². The van der Waals surface area contributed by atoms with Crippen molar-refractivity contribution in [2.45, 2.75) is 13.3 Å². The van der Waals surface area contributed by atoms with Gasteiger partial charge in [0.25, 0.3) is 0 Å². The second-order valence-corrected chi connectivity index (χ2v) is 6.88. The van der Waals surface area contributed by atoms with E-state index in [0.29, 0.717) is 6.42 Å². The van der Waals surface area contributed by atoms with Gasteiger partial charge in [-0.1, -0.05) is 25.6 Å². The van der Waals surface area contributed by atoms with Crippen LogP contribution in [0.15, 0.2) is 61.6 Å². The summed E-state index contributed by atoms with van der Waals surface area (Å²) in [4.78, 5) is 23.4. The number of pyridine rings is 1. The Bertz CT molecular complexity index is 1050. The minimum Gasteiger partial charge on any atom is -0.347 e. The third-order valence-corrected chi connectivity index (χ3v) is 4.86. The number of nitrogens with one attached hydrogen (secondary N) is 1. The molecule has 2 heterocycles. The molecule has 0 bridgehead atoms. The summed E-state index contributed by atoms with van der Waals surface area (Å²) in [5.74, 6) is -0.331. The summed E-state index contributed by atoms with van der Waals surface area (Å²) < 4.78 is 13.5. The molecule has 1 N–H and O–H groups in total. The highest BCUT2D eigenvalue weighted by molar-refractivity contribution is 5.99. The first-order valence-corrected chi connectivity index (χ1v) is 9.47. The number of H-pyrrole nitrogens is 1. The van der Waals surface area contributed by atoms with Crippen LogP contribution >= 0.6 is 0 Å². The molecule has 3 aromatic rings. The van der Waals surface area contributed by atoms with Gasteiger partial charge in [-0.25, -0.2) is 9.37 Å². The van der Waals surface area contributed by atoms with Crippen LogP contribution in [0.3, 0.4) is 0 Å². The number of amides is 1. The van der Waals surface area contributed by atoms with Gasteiger partial charge in [0, 0.05) is 37.4 Å². The fourth-order valence-corrected chi connectivity index (χ4v) is 3.34. The zero-order chi connectivity index (χ0) is 21.0. The van der Waals surface area contributed by atoms with Crippen molar-refractivity contribution in [3.63, 3.8) is 0 Å². The van der Waals surface area contributed by atoms with E-state index in [0.717, 1.165) is 33.4 Å². The van der Waals surface area contributed by atoms with Crippen LogP contribution in [0.25, 0.3) is 22.3 Å². The van der Waals surface area contributed by atoms with E-state index in [2.05, 4.69) is 16.5 Å². The molecule has 0 spiro atoms. The first kappa shape index (κ1) is 20.3. The number of carbonyl (C=O) groups is 1. The average molecular weight is 392 g/mol. The number of allylic oxidation sites excluding steroid dienone is 1. The number of hydrogen-bond acceptors (Lipinski definition) is 3. The van der Waals surface area contributed by atoms with Crippen LogP contribution in [-0.4, -0.2) is 46.3 Å². The SMILES string of the molecule is C=CN(CC(=O)N(C)C)/C(=C(\CC)c1ccc(F)cc1)c1ccnc2[nH]ccc12. The Hall–Kier alpha value is -3.41. The number of carbonyl (C=O) groups excluding carboxylic acids is 1. The van der Waals surface area contributed by atoms with Crippen LogP contribution in [0.2, 0.25) is 0 Å². The van der Waals surface area contributed by atoms with E-state index >= 15 is 0 Å². The Morgan fingerprint density at radius 2 is 1.93 bits per heavy atom. The number of hydrogen-bond donors (Lipinski definition) is 1. The van der Waals surface area contributed by atoms with Crippen LogP contribution in [-0.2, 0) is 4.79 Å². The third-order valence-electron chi connectivity index (χ3n) is 4.86. The lowest BCUT2D eigenvalue weighted by Crippen LogP contribution is -2.33. The molecule has 0 saturated carbocycles. The lowest BCUT2D eigenvalue weighted by molar-refractivity contribution is -0.128. The Labute approximate surface area is 170 Å². The van der Waals surface area contributed by atoms with Crippen molar-refractivity contribution < 1.29 is 9.18 Å².